The van der Waals surface area contributed by atoms with Crippen molar-refractivity contribution in [2.45, 2.75) is 17.9 Å². The Hall–Kier alpha value is -1.53. The molecule has 104 valence electrons. The van der Waals surface area contributed by atoms with Crippen LogP contribution in [-0.4, -0.2) is 39.5 Å². The molecule has 0 amide bonds. The van der Waals surface area contributed by atoms with Gasteiger partial charge in [-0.2, -0.15) is 16.7 Å². The van der Waals surface area contributed by atoms with Crippen LogP contribution in [0.1, 0.15) is 29.1 Å². The Morgan fingerprint density at radius 2 is 2.15 bits per heavy atom. The number of aliphatic hydroxyl groups is 1. The Bertz CT molecular complexity index is 630. The largest absolute Gasteiger partial charge is 0.492 e. The maximum atomic E-state index is 9.90. The summed E-state index contributed by atoms with van der Waals surface area (Å²) in [6.45, 7) is 0.542. The van der Waals surface area contributed by atoms with Gasteiger partial charge >= 0.3 is 0 Å². The third-order valence-corrected chi connectivity index (χ3v) is 5.01. The highest BCUT2D eigenvalue weighted by Gasteiger charge is 2.34. The maximum absolute atomic E-state index is 9.90. The van der Waals surface area contributed by atoms with E-state index in [1.165, 1.54) is 0 Å². The Morgan fingerprint density at radius 3 is 3.00 bits per heavy atom. The average Bonchev–Trinajstić information content (AvgIpc) is 3.15. The lowest BCUT2D eigenvalue weighted by Crippen LogP contribution is -2.16. The molecular weight excluding hydrogens is 276 g/mol. The number of aliphatic hydroxyl groups excluding tert-OH is 1. The third-order valence-electron chi connectivity index (χ3n) is 3.84. The number of aromatic nitrogens is 2. The summed E-state index contributed by atoms with van der Waals surface area (Å²) < 4.78 is 11.0. The number of thioether (sulfide) groups is 1. The highest BCUT2D eigenvalue weighted by atomic mass is 32.2. The van der Waals surface area contributed by atoms with Crippen LogP contribution in [0.3, 0.4) is 0 Å². The van der Waals surface area contributed by atoms with E-state index in [1.54, 1.807) is 11.8 Å². The SMILES string of the molecule is OC1CSCC1c1nc(C2COc3ccccc32)no1. The van der Waals surface area contributed by atoms with Crippen LogP contribution in [0.2, 0.25) is 0 Å². The standard InChI is InChI=1S/C14H14N2O3S/c17-11-7-20-6-10(11)14-15-13(16-19-14)9-5-18-12-4-2-1-3-8(9)12/h1-4,9-11,17H,5-7H2. The van der Waals surface area contributed by atoms with Crippen LogP contribution < -0.4 is 4.74 Å². The molecule has 0 saturated carbocycles. The lowest BCUT2D eigenvalue weighted by atomic mass is 10.0. The molecule has 2 aromatic rings. The molecule has 3 unspecified atom stereocenters. The fraction of sp³-hybridized carbons (Fsp3) is 0.429. The number of nitrogens with zero attached hydrogens (tertiary/aromatic N) is 2. The Labute approximate surface area is 120 Å². The van der Waals surface area contributed by atoms with Gasteiger partial charge in [0.05, 0.1) is 17.9 Å². The van der Waals surface area contributed by atoms with Crippen molar-refractivity contribution in [2.75, 3.05) is 18.1 Å². The van der Waals surface area contributed by atoms with Crippen molar-refractivity contribution in [3.05, 3.63) is 41.5 Å². The highest BCUT2D eigenvalue weighted by molar-refractivity contribution is 7.99. The monoisotopic (exact) mass is 290 g/mol. The minimum Gasteiger partial charge on any atom is -0.492 e. The van der Waals surface area contributed by atoms with Crippen molar-refractivity contribution in [2.24, 2.45) is 0 Å². The summed E-state index contributed by atoms with van der Waals surface area (Å²) in [7, 11) is 0. The van der Waals surface area contributed by atoms with E-state index in [1.807, 2.05) is 24.3 Å². The molecule has 3 heterocycles. The van der Waals surface area contributed by atoms with Gasteiger partial charge < -0.3 is 14.4 Å². The topological polar surface area (TPSA) is 68.4 Å². The Balaban J connectivity index is 1.63. The fourth-order valence-electron chi connectivity index (χ4n) is 2.69. The Morgan fingerprint density at radius 1 is 1.25 bits per heavy atom. The van der Waals surface area contributed by atoms with E-state index in [9.17, 15) is 5.11 Å². The fourth-order valence-corrected chi connectivity index (χ4v) is 3.92. The van der Waals surface area contributed by atoms with Gasteiger partial charge in [-0.05, 0) is 6.07 Å². The number of para-hydroxylation sites is 1. The summed E-state index contributed by atoms with van der Waals surface area (Å²) in [5.74, 6) is 3.63. The maximum Gasteiger partial charge on any atom is 0.233 e. The molecule has 0 bridgehead atoms. The predicted octanol–water partition coefficient (Wildman–Crippen LogP) is 1.79. The van der Waals surface area contributed by atoms with E-state index < -0.39 is 0 Å². The van der Waals surface area contributed by atoms with Gasteiger partial charge in [0.2, 0.25) is 5.89 Å². The number of benzene rings is 1. The molecule has 1 aromatic heterocycles. The average molecular weight is 290 g/mol. The van der Waals surface area contributed by atoms with Gasteiger partial charge in [-0.25, -0.2) is 0 Å². The lowest BCUT2D eigenvalue weighted by Gasteiger charge is -2.07. The van der Waals surface area contributed by atoms with Crippen molar-refractivity contribution < 1.29 is 14.4 Å². The molecule has 1 aromatic carbocycles. The number of hydrogen-bond donors (Lipinski definition) is 1. The molecular formula is C14H14N2O3S. The second-order valence-electron chi connectivity index (χ2n) is 5.10. The minimum absolute atomic E-state index is 0.0231. The number of hydrogen-bond acceptors (Lipinski definition) is 6. The van der Waals surface area contributed by atoms with Crippen molar-refractivity contribution in [3.8, 4) is 5.75 Å². The number of fused-ring (bicyclic) bond motifs is 1. The molecule has 5 nitrogen and oxygen atoms in total. The summed E-state index contributed by atoms with van der Waals surface area (Å²) in [6.07, 6.45) is -0.389. The smallest absolute Gasteiger partial charge is 0.233 e. The molecule has 0 aliphatic carbocycles. The van der Waals surface area contributed by atoms with Gasteiger partial charge in [0.1, 0.15) is 12.4 Å². The molecule has 0 spiro atoms. The first-order chi connectivity index (χ1) is 9.83. The van der Waals surface area contributed by atoms with Gasteiger partial charge in [0.25, 0.3) is 0 Å². The van der Waals surface area contributed by atoms with Crippen LogP contribution in [0.25, 0.3) is 0 Å². The molecule has 1 N–H and O–H groups in total. The first kappa shape index (κ1) is 12.2. The first-order valence-electron chi connectivity index (χ1n) is 6.64. The van der Waals surface area contributed by atoms with Crippen molar-refractivity contribution in [3.63, 3.8) is 0 Å². The summed E-state index contributed by atoms with van der Waals surface area (Å²) in [5.41, 5.74) is 1.10. The normalized spacial score (nSPS) is 28.4. The van der Waals surface area contributed by atoms with E-state index in [4.69, 9.17) is 9.26 Å². The van der Waals surface area contributed by atoms with Gasteiger partial charge in [0, 0.05) is 17.1 Å². The van der Waals surface area contributed by atoms with Gasteiger partial charge in [-0.1, -0.05) is 23.4 Å². The minimum atomic E-state index is -0.389. The zero-order valence-corrected chi connectivity index (χ0v) is 11.5. The first-order valence-corrected chi connectivity index (χ1v) is 7.79. The molecule has 20 heavy (non-hydrogen) atoms. The second kappa shape index (κ2) is 4.79. The highest BCUT2D eigenvalue weighted by Crippen LogP contribution is 2.38. The third kappa shape index (κ3) is 1.91. The van der Waals surface area contributed by atoms with Gasteiger partial charge in [-0.3, -0.25) is 0 Å². The van der Waals surface area contributed by atoms with Crippen LogP contribution in [0, 0.1) is 0 Å². The van der Waals surface area contributed by atoms with Crippen molar-refractivity contribution in [1.29, 1.82) is 0 Å². The van der Waals surface area contributed by atoms with Crippen molar-refractivity contribution >= 4 is 11.8 Å². The van der Waals surface area contributed by atoms with E-state index in [2.05, 4.69) is 10.1 Å². The van der Waals surface area contributed by atoms with E-state index >= 15 is 0 Å². The van der Waals surface area contributed by atoms with E-state index in [0.717, 1.165) is 22.8 Å². The summed E-state index contributed by atoms with van der Waals surface area (Å²) in [4.78, 5) is 4.49. The van der Waals surface area contributed by atoms with Crippen molar-refractivity contribution in [1.82, 2.24) is 10.1 Å². The molecule has 0 radical (unpaired) electrons. The van der Waals surface area contributed by atoms with Crippen LogP contribution in [-0.2, 0) is 0 Å². The summed E-state index contributed by atoms with van der Waals surface area (Å²) in [5, 5.41) is 14.0. The second-order valence-corrected chi connectivity index (χ2v) is 6.18. The molecule has 1 saturated heterocycles. The van der Waals surface area contributed by atoms with Crippen LogP contribution in [0.5, 0.6) is 5.75 Å². The molecule has 2 aliphatic rings. The summed E-state index contributed by atoms with van der Waals surface area (Å²) >= 11 is 1.71. The van der Waals surface area contributed by atoms with Crippen LogP contribution in [0.4, 0.5) is 0 Å². The van der Waals surface area contributed by atoms with Gasteiger partial charge in [-0.15, -0.1) is 0 Å². The van der Waals surface area contributed by atoms with E-state index in [-0.39, 0.29) is 17.9 Å². The van der Waals surface area contributed by atoms with E-state index in [0.29, 0.717) is 18.3 Å². The number of rotatable bonds is 2. The molecule has 2 aliphatic heterocycles. The molecule has 3 atom stereocenters. The Kier molecular flexibility index (Phi) is 2.93. The molecule has 6 heteroatoms. The van der Waals surface area contributed by atoms with Gasteiger partial charge in [0.15, 0.2) is 5.82 Å². The zero-order chi connectivity index (χ0) is 13.5. The molecule has 1 fully saturated rings. The molecule has 4 rings (SSSR count). The zero-order valence-electron chi connectivity index (χ0n) is 10.7. The van der Waals surface area contributed by atoms with Crippen LogP contribution in [0.15, 0.2) is 28.8 Å². The quantitative estimate of drug-likeness (QED) is 0.909. The van der Waals surface area contributed by atoms with Crippen LogP contribution >= 0.6 is 11.8 Å². The predicted molar refractivity (Wildman–Crippen MR) is 74.2 cm³/mol. The lowest BCUT2D eigenvalue weighted by molar-refractivity contribution is 0.164. The number of ether oxygens (including phenoxy) is 1. The summed E-state index contributed by atoms with van der Waals surface area (Å²) in [6, 6.07) is 7.92.